The first kappa shape index (κ1) is 15.0. The zero-order valence-electron chi connectivity index (χ0n) is 11.1. The van der Waals surface area contributed by atoms with Crippen molar-refractivity contribution >= 4 is 27.1 Å². The molecule has 0 aliphatic heterocycles. The molecule has 0 atom stereocenters. The number of nitrogen functional groups attached to an aromatic ring is 1. The Morgan fingerprint density at radius 1 is 1.19 bits per heavy atom. The van der Waals surface area contributed by atoms with E-state index in [0.717, 1.165) is 12.3 Å². The highest BCUT2D eigenvalue weighted by molar-refractivity contribution is 7.90. The molecule has 2 rings (SSSR count). The largest absolute Gasteiger partial charge is 0.399 e. The van der Waals surface area contributed by atoms with Crippen molar-refractivity contribution in [1.82, 2.24) is 0 Å². The van der Waals surface area contributed by atoms with Gasteiger partial charge in [0, 0.05) is 17.6 Å². The molecule has 0 saturated carbocycles. The van der Waals surface area contributed by atoms with E-state index in [4.69, 9.17) is 5.73 Å². The van der Waals surface area contributed by atoms with Crippen LogP contribution in [-0.2, 0) is 9.84 Å². The smallest absolute Gasteiger partial charge is 0.258 e. The van der Waals surface area contributed by atoms with E-state index in [9.17, 15) is 17.6 Å². The number of rotatable bonds is 3. The molecule has 3 N–H and O–H groups in total. The van der Waals surface area contributed by atoms with Crippen LogP contribution in [0, 0.1) is 5.82 Å². The zero-order chi connectivity index (χ0) is 15.6. The summed E-state index contributed by atoms with van der Waals surface area (Å²) in [5, 5.41) is 2.45. The molecule has 0 fully saturated rings. The van der Waals surface area contributed by atoms with Crippen molar-refractivity contribution in [3.05, 3.63) is 53.8 Å². The van der Waals surface area contributed by atoms with Crippen LogP contribution in [0.25, 0.3) is 0 Å². The van der Waals surface area contributed by atoms with Crippen LogP contribution < -0.4 is 11.1 Å². The lowest BCUT2D eigenvalue weighted by Gasteiger charge is -2.08. The Hall–Kier alpha value is -2.41. The molecule has 5 nitrogen and oxygen atoms in total. The number of sulfone groups is 1. The lowest BCUT2D eigenvalue weighted by Crippen LogP contribution is -2.14. The van der Waals surface area contributed by atoms with Crippen molar-refractivity contribution in [2.24, 2.45) is 0 Å². The zero-order valence-corrected chi connectivity index (χ0v) is 11.9. The SMILES string of the molecule is CS(=O)(=O)c1cccc(NC(=O)c2ccc(N)cc2F)c1. The molecule has 0 spiro atoms. The summed E-state index contributed by atoms with van der Waals surface area (Å²) in [5.74, 6) is -1.43. The molecule has 0 bridgehead atoms. The lowest BCUT2D eigenvalue weighted by molar-refractivity contribution is 0.102. The van der Waals surface area contributed by atoms with E-state index in [1.165, 1.54) is 36.4 Å². The highest BCUT2D eigenvalue weighted by Gasteiger charge is 2.13. The predicted octanol–water partition coefficient (Wildman–Crippen LogP) is 2.06. The third kappa shape index (κ3) is 3.57. The Morgan fingerprint density at radius 2 is 1.90 bits per heavy atom. The van der Waals surface area contributed by atoms with Crippen LogP contribution >= 0.6 is 0 Å². The second kappa shape index (κ2) is 5.53. The summed E-state index contributed by atoms with van der Waals surface area (Å²) < 4.78 is 36.5. The number of benzene rings is 2. The summed E-state index contributed by atoms with van der Waals surface area (Å²) in [6.07, 6.45) is 1.06. The minimum atomic E-state index is -3.38. The first-order chi connectivity index (χ1) is 9.77. The summed E-state index contributed by atoms with van der Waals surface area (Å²) in [6, 6.07) is 9.44. The predicted molar refractivity (Wildman–Crippen MR) is 78.3 cm³/mol. The van der Waals surface area contributed by atoms with Crippen molar-refractivity contribution in [2.45, 2.75) is 4.90 Å². The van der Waals surface area contributed by atoms with Gasteiger partial charge < -0.3 is 11.1 Å². The van der Waals surface area contributed by atoms with Crippen molar-refractivity contribution in [1.29, 1.82) is 0 Å². The number of hydrogen-bond acceptors (Lipinski definition) is 4. The molecule has 0 heterocycles. The van der Waals surface area contributed by atoms with E-state index in [-0.39, 0.29) is 21.8 Å². The van der Waals surface area contributed by atoms with Crippen LogP contribution in [0.3, 0.4) is 0 Å². The minimum Gasteiger partial charge on any atom is -0.399 e. The number of amides is 1. The minimum absolute atomic E-state index is 0.0677. The fourth-order valence-electron chi connectivity index (χ4n) is 1.72. The number of carbonyl (C=O) groups is 1. The number of hydrogen-bond donors (Lipinski definition) is 2. The monoisotopic (exact) mass is 308 g/mol. The average molecular weight is 308 g/mol. The molecule has 2 aromatic rings. The first-order valence-electron chi connectivity index (χ1n) is 5.94. The van der Waals surface area contributed by atoms with Gasteiger partial charge in [0.05, 0.1) is 10.5 Å². The summed E-state index contributed by atoms with van der Waals surface area (Å²) in [6.45, 7) is 0. The number of carbonyl (C=O) groups excluding carboxylic acids is 1. The molecule has 21 heavy (non-hydrogen) atoms. The number of nitrogens with one attached hydrogen (secondary N) is 1. The van der Waals surface area contributed by atoms with Crippen LogP contribution in [0.1, 0.15) is 10.4 Å². The highest BCUT2D eigenvalue weighted by atomic mass is 32.2. The number of nitrogens with two attached hydrogens (primary N) is 1. The Labute approximate surface area is 121 Å². The van der Waals surface area contributed by atoms with Gasteiger partial charge in [0.25, 0.3) is 5.91 Å². The van der Waals surface area contributed by atoms with Crippen LogP contribution in [-0.4, -0.2) is 20.6 Å². The van der Waals surface area contributed by atoms with Crippen LogP contribution in [0.15, 0.2) is 47.4 Å². The molecule has 0 aliphatic carbocycles. The van der Waals surface area contributed by atoms with E-state index < -0.39 is 21.6 Å². The van der Waals surface area contributed by atoms with Crippen molar-refractivity contribution in [3.63, 3.8) is 0 Å². The molecular weight excluding hydrogens is 295 g/mol. The molecule has 7 heteroatoms. The third-order valence-electron chi connectivity index (χ3n) is 2.76. The Morgan fingerprint density at radius 3 is 2.52 bits per heavy atom. The fraction of sp³-hybridized carbons (Fsp3) is 0.0714. The van der Waals surface area contributed by atoms with Gasteiger partial charge >= 0.3 is 0 Å². The van der Waals surface area contributed by atoms with Crippen LogP contribution in [0.5, 0.6) is 0 Å². The first-order valence-corrected chi connectivity index (χ1v) is 7.83. The normalized spacial score (nSPS) is 11.1. The van der Waals surface area contributed by atoms with Crippen molar-refractivity contribution in [3.8, 4) is 0 Å². The highest BCUT2D eigenvalue weighted by Crippen LogP contribution is 2.18. The number of anilines is 2. The molecular formula is C14H13FN2O3S. The Kier molecular flexibility index (Phi) is 3.95. The van der Waals surface area contributed by atoms with E-state index in [1.807, 2.05) is 0 Å². The molecule has 0 aliphatic rings. The average Bonchev–Trinajstić information content (AvgIpc) is 2.37. The molecule has 0 unspecified atom stereocenters. The lowest BCUT2D eigenvalue weighted by atomic mass is 10.1. The maximum absolute atomic E-state index is 13.6. The van der Waals surface area contributed by atoms with Gasteiger partial charge in [-0.3, -0.25) is 4.79 Å². The van der Waals surface area contributed by atoms with Gasteiger partial charge in [-0.15, -0.1) is 0 Å². The van der Waals surface area contributed by atoms with Gasteiger partial charge in [0.2, 0.25) is 0 Å². The van der Waals surface area contributed by atoms with Gasteiger partial charge in [0.1, 0.15) is 5.82 Å². The fourth-order valence-corrected chi connectivity index (χ4v) is 2.39. The molecule has 0 aromatic heterocycles. The van der Waals surface area contributed by atoms with Crippen LogP contribution in [0.2, 0.25) is 0 Å². The van der Waals surface area contributed by atoms with Crippen LogP contribution in [0.4, 0.5) is 15.8 Å². The maximum atomic E-state index is 13.6. The van der Waals surface area contributed by atoms with E-state index in [0.29, 0.717) is 0 Å². The van der Waals surface area contributed by atoms with E-state index >= 15 is 0 Å². The quantitative estimate of drug-likeness (QED) is 0.849. The second-order valence-corrected chi connectivity index (χ2v) is 6.51. The van der Waals surface area contributed by atoms with Gasteiger partial charge in [-0.1, -0.05) is 6.07 Å². The maximum Gasteiger partial charge on any atom is 0.258 e. The van der Waals surface area contributed by atoms with Gasteiger partial charge in [-0.05, 0) is 36.4 Å². The Bertz CT molecular complexity index is 804. The van der Waals surface area contributed by atoms with Crippen molar-refractivity contribution < 1.29 is 17.6 Å². The van der Waals surface area contributed by atoms with E-state index in [1.54, 1.807) is 0 Å². The van der Waals surface area contributed by atoms with Gasteiger partial charge in [-0.25, -0.2) is 12.8 Å². The summed E-state index contributed by atoms with van der Waals surface area (Å²) in [7, 11) is -3.38. The van der Waals surface area contributed by atoms with Gasteiger partial charge in [0.15, 0.2) is 9.84 Å². The second-order valence-electron chi connectivity index (χ2n) is 4.49. The summed E-state index contributed by atoms with van der Waals surface area (Å²) in [4.78, 5) is 12.0. The van der Waals surface area contributed by atoms with E-state index in [2.05, 4.69) is 5.32 Å². The summed E-state index contributed by atoms with van der Waals surface area (Å²) >= 11 is 0. The van der Waals surface area contributed by atoms with Gasteiger partial charge in [-0.2, -0.15) is 0 Å². The van der Waals surface area contributed by atoms with Crippen molar-refractivity contribution in [2.75, 3.05) is 17.3 Å². The molecule has 2 aromatic carbocycles. The topological polar surface area (TPSA) is 89.3 Å². The standard InChI is InChI=1S/C14H13FN2O3S/c1-21(19,20)11-4-2-3-10(8-11)17-14(18)12-6-5-9(16)7-13(12)15/h2-8H,16H2,1H3,(H,17,18). The molecule has 110 valence electrons. The summed E-state index contributed by atoms with van der Waals surface area (Å²) in [5.41, 5.74) is 5.71. The third-order valence-corrected chi connectivity index (χ3v) is 3.87. The Balaban J connectivity index is 2.28. The number of halogens is 1. The molecule has 1 amide bonds. The molecule has 0 saturated heterocycles. The molecule has 0 radical (unpaired) electrons.